The molecule has 22 heavy (non-hydrogen) atoms. The highest BCUT2D eigenvalue weighted by molar-refractivity contribution is 5.70. The van der Waals surface area contributed by atoms with E-state index in [1.165, 1.54) is 11.1 Å². The summed E-state index contributed by atoms with van der Waals surface area (Å²) in [6.45, 7) is 6.98. The predicted octanol–water partition coefficient (Wildman–Crippen LogP) is 2.98. The van der Waals surface area contributed by atoms with Gasteiger partial charge in [0.1, 0.15) is 6.54 Å². The van der Waals surface area contributed by atoms with Gasteiger partial charge in [0.2, 0.25) is 0 Å². The van der Waals surface area contributed by atoms with Gasteiger partial charge in [-0.1, -0.05) is 24.3 Å². The van der Waals surface area contributed by atoms with Gasteiger partial charge in [0.15, 0.2) is 12.4 Å². The van der Waals surface area contributed by atoms with Gasteiger partial charge in [-0.05, 0) is 37.1 Å². The zero-order valence-corrected chi connectivity index (χ0v) is 13.4. The van der Waals surface area contributed by atoms with Crippen molar-refractivity contribution in [3.8, 4) is 0 Å². The van der Waals surface area contributed by atoms with Gasteiger partial charge < -0.3 is 10.0 Å². The van der Waals surface area contributed by atoms with Gasteiger partial charge in [0.05, 0.1) is 6.61 Å². The summed E-state index contributed by atoms with van der Waals surface area (Å²) in [7, 11) is 0. The molecule has 0 atom stereocenters. The van der Waals surface area contributed by atoms with Crippen molar-refractivity contribution in [2.75, 3.05) is 24.6 Å². The van der Waals surface area contributed by atoms with Crippen LogP contribution in [0.25, 0.3) is 12.2 Å². The molecule has 2 aromatic rings. The lowest BCUT2D eigenvalue weighted by Crippen LogP contribution is -2.30. The molecule has 116 valence electrons. The van der Waals surface area contributed by atoms with Crippen molar-refractivity contribution in [2.24, 2.45) is 0 Å². The number of aliphatic hydroxyl groups excluding tert-OH is 1. The van der Waals surface area contributed by atoms with Crippen LogP contribution in [0.1, 0.15) is 25.0 Å². The molecule has 0 aliphatic rings. The van der Waals surface area contributed by atoms with Crippen molar-refractivity contribution in [1.29, 1.82) is 0 Å². The lowest BCUT2D eigenvalue weighted by atomic mass is 10.1. The van der Waals surface area contributed by atoms with Crippen LogP contribution in [-0.2, 0) is 6.54 Å². The predicted molar refractivity (Wildman–Crippen MR) is 92.7 cm³/mol. The first-order valence-corrected chi connectivity index (χ1v) is 7.90. The highest BCUT2D eigenvalue weighted by Crippen LogP contribution is 2.16. The molecule has 0 unspecified atom stereocenters. The van der Waals surface area contributed by atoms with Crippen LogP contribution in [0.3, 0.4) is 0 Å². The molecule has 0 saturated carbocycles. The molecule has 0 bridgehead atoms. The number of anilines is 1. The van der Waals surface area contributed by atoms with Crippen molar-refractivity contribution >= 4 is 17.8 Å². The number of nitrogens with zero attached hydrogens (tertiary/aromatic N) is 2. The van der Waals surface area contributed by atoms with E-state index in [-0.39, 0.29) is 6.61 Å². The smallest absolute Gasteiger partial charge is 0.169 e. The van der Waals surface area contributed by atoms with E-state index in [9.17, 15) is 0 Å². The second-order valence-electron chi connectivity index (χ2n) is 5.19. The van der Waals surface area contributed by atoms with E-state index in [1.807, 2.05) is 0 Å². The minimum Gasteiger partial charge on any atom is -0.395 e. The van der Waals surface area contributed by atoms with E-state index in [0.717, 1.165) is 18.8 Å². The lowest BCUT2D eigenvalue weighted by Gasteiger charge is -2.21. The summed E-state index contributed by atoms with van der Waals surface area (Å²) in [5, 5.41) is 9.08. The van der Waals surface area contributed by atoms with E-state index >= 15 is 0 Å². The fourth-order valence-electron chi connectivity index (χ4n) is 2.37. The number of aliphatic hydroxyl groups is 1. The summed E-state index contributed by atoms with van der Waals surface area (Å²) in [4.78, 5) is 2.16. The largest absolute Gasteiger partial charge is 0.395 e. The van der Waals surface area contributed by atoms with E-state index < -0.39 is 0 Å². The number of aryl methyl sites for hydroxylation is 1. The first-order valence-electron chi connectivity index (χ1n) is 7.90. The first-order chi connectivity index (χ1) is 10.8. The van der Waals surface area contributed by atoms with Crippen molar-refractivity contribution in [2.45, 2.75) is 20.4 Å². The maximum atomic E-state index is 9.08. The fraction of sp³-hybridized carbons (Fsp3) is 0.316. The number of likely N-dealkylation sites (N-methyl/N-ethyl adjacent to an activating group) is 1. The van der Waals surface area contributed by atoms with Crippen LogP contribution in [0, 0.1) is 0 Å². The van der Waals surface area contributed by atoms with Crippen LogP contribution in [0.15, 0.2) is 48.8 Å². The van der Waals surface area contributed by atoms with Crippen molar-refractivity contribution in [3.63, 3.8) is 0 Å². The Hall–Kier alpha value is -2.13. The summed E-state index contributed by atoms with van der Waals surface area (Å²) in [5.41, 5.74) is 3.53. The molecule has 1 aromatic carbocycles. The summed E-state index contributed by atoms with van der Waals surface area (Å²) in [6, 6.07) is 12.7. The molecule has 1 heterocycles. The quantitative estimate of drug-likeness (QED) is 0.796. The molecule has 0 aliphatic heterocycles. The molecule has 0 saturated heterocycles. The van der Waals surface area contributed by atoms with Gasteiger partial charge in [-0.25, -0.2) is 4.57 Å². The maximum Gasteiger partial charge on any atom is 0.169 e. The van der Waals surface area contributed by atoms with Crippen LogP contribution in [0.2, 0.25) is 0 Å². The molecule has 0 fully saturated rings. The Morgan fingerprint density at radius 2 is 1.55 bits per heavy atom. The molecule has 0 spiro atoms. The average molecular weight is 297 g/mol. The molecular weight excluding hydrogens is 272 g/mol. The zero-order chi connectivity index (χ0) is 15.8. The van der Waals surface area contributed by atoms with Crippen molar-refractivity contribution in [3.05, 3.63) is 59.9 Å². The number of pyridine rings is 1. The molecular formula is C19H25N2O+. The minimum absolute atomic E-state index is 0.182. The zero-order valence-electron chi connectivity index (χ0n) is 13.4. The Morgan fingerprint density at radius 1 is 0.955 bits per heavy atom. The number of aromatic nitrogens is 1. The highest BCUT2D eigenvalue weighted by atomic mass is 16.3. The monoisotopic (exact) mass is 297 g/mol. The summed E-state index contributed by atoms with van der Waals surface area (Å²) in [5.74, 6) is 0. The molecule has 3 heteroatoms. The topological polar surface area (TPSA) is 27.3 Å². The summed E-state index contributed by atoms with van der Waals surface area (Å²) < 4.78 is 2.15. The standard InChI is InChI=1S/C19H25N2O/c1-3-20-13-11-18(12-14-20)6-5-17-7-9-19(10-8-17)21(4-2)15-16-22/h5-14,22H,3-4,15-16H2,1-2H3/q+1. The number of hydrogen-bond acceptors (Lipinski definition) is 2. The van der Waals surface area contributed by atoms with Gasteiger partial charge in [0.25, 0.3) is 0 Å². The molecule has 3 nitrogen and oxygen atoms in total. The number of hydrogen-bond donors (Lipinski definition) is 1. The normalized spacial score (nSPS) is 11.0. The van der Waals surface area contributed by atoms with Gasteiger partial charge in [0, 0.05) is 30.9 Å². The van der Waals surface area contributed by atoms with Crippen LogP contribution in [0.4, 0.5) is 5.69 Å². The molecule has 2 rings (SSSR count). The third kappa shape index (κ3) is 4.43. The third-order valence-corrected chi connectivity index (χ3v) is 3.76. The highest BCUT2D eigenvalue weighted by Gasteiger charge is 2.02. The van der Waals surface area contributed by atoms with Gasteiger partial charge in [-0.15, -0.1) is 0 Å². The third-order valence-electron chi connectivity index (χ3n) is 3.76. The lowest BCUT2D eigenvalue weighted by molar-refractivity contribution is -0.693. The van der Waals surface area contributed by atoms with E-state index in [1.54, 1.807) is 0 Å². The summed E-state index contributed by atoms with van der Waals surface area (Å²) in [6.07, 6.45) is 8.44. The number of rotatable bonds is 7. The number of benzene rings is 1. The van der Waals surface area contributed by atoms with Crippen LogP contribution < -0.4 is 9.47 Å². The second-order valence-corrected chi connectivity index (χ2v) is 5.19. The Bertz CT molecular complexity index is 588. The first kappa shape index (κ1) is 16.2. The van der Waals surface area contributed by atoms with Crippen LogP contribution >= 0.6 is 0 Å². The molecule has 1 N–H and O–H groups in total. The van der Waals surface area contributed by atoms with Gasteiger partial charge in [-0.2, -0.15) is 0 Å². The van der Waals surface area contributed by atoms with Crippen molar-refractivity contribution < 1.29 is 9.67 Å². The molecule has 1 aromatic heterocycles. The Morgan fingerprint density at radius 3 is 2.05 bits per heavy atom. The maximum absolute atomic E-state index is 9.08. The van der Waals surface area contributed by atoms with Crippen LogP contribution in [-0.4, -0.2) is 24.8 Å². The SMILES string of the molecule is CCN(CCO)c1ccc(C=Cc2cc[n+](CC)cc2)cc1. The van der Waals surface area contributed by atoms with Gasteiger partial charge >= 0.3 is 0 Å². The second kappa shape index (κ2) is 8.35. The van der Waals surface area contributed by atoms with Gasteiger partial charge in [-0.3, -0.25) is 0 Å². The Balaban J connectivity index is 2.05. The van der Waals surface area contributed by atoms with E-state index in [0.29, 0.717) is 6.54 Å². The van der Waals surface area contributed by atoms with Crippen LogP contribution in [0.5, 0.6) is 0 Å². The molecule has 0 amide bonds. The minimum atomic E-state index is 0.182. The summed E-state index contributed by atoms with van der Waals surface area (Å²) >= 11 is 0. The Kier molecular flexibility index (Phi) is 6.16. The molecule has 0 aliphatic carbocycles. The van der Waals surface area contributed by atoms with Crippen molar-refractivity contribution in [1.82, 2.24) is 0 Å². The fourth-order valence-corrected chi connectivity index (χ4v) is 2.37. The molecule has 0 radical (unpaired) electrons. The Labute approximate surface area is 133 Å². The average Bonchev–Trinajstić information content (AvgIpc) is 2.59. The van der Waals surface area contributed by atoms with E-state index in [4.69, 9.17) is 5.11 Å². The van der Waals surface area contributed by atoms with E-state index in [2.05, 4.69) is 84.3 Å².